The van der Waals surface area contributed by atoms with E-state index in [-0.39, 0.29) is 22.5 Å². The molecule has 1 aromatic heterocycles. The largest absolute Gasteiger partial charge is 0.351 e. The molecule has 0 spiro atoms. The fourth-order valence-electron chi connectivity index (χ4n) is 0.215. The van der Waals surface area contributed by atoms with E-state index in [1.54, 1.807) is 18.7 Å². The van der Waals surface area contributed by atoms with E-state index in [1.807, 2.05) is 0 Å². The van der Waals surface area contributed by atoms with E-state index >= 15 is 0 Å². The summed E-state index contributed by atoms with van der Waals surface area (Å²) in [6.07, 6.45) is 5.08. The maximum Gasteiger partial charge on any atom is 0.0919 e. The van der Waals surface area contributed by atoms with Crippen molar-refractivity contribution in [2.45, 2.75) is 0 Å². The number of hydrogen-bond acceptors (Lipinski definition) is 2. The number of nitrogens with one attached hydrogen (secondary N) is 1. The van der Waals surface area contributed by atoms with Gasteiger partial charge >= 0.3 is 25.6 Å². The third-order valence-corrected chi connectivity index (χ3v) is 0.406. The average molecular weight is 204 g/mol. The van der Waals surface area contributed by atoms with Gasteiger partial charge in [0.25, 0.3) is 0 Å². The number of H-pyrrole nitrogens is 1. The second-order valence-corrected chi connectivity index (χ2v) is 0.761. The number of aromatic amines is 1. The summed E-state index contributed by atoms with van der Waals surface area (Å²) in [6, 6.07) is 0. The van der Waals surface area contributed by atoms with Gasteiger partial charge in [0, 0.05) is 12.4 Å². The minimum Gasteiger partial charge on any atom is -0.351 e. The Morgan fingerprint density at radius 1 is 1.57 bits per heavy atom. The van der Waals surface area contributed by atoms with Crippen LogP contribution < -0.4 is 0 Å². The molecule has 0 atom stereocenters. The molecule has 0 aliphatic rings. The normalized spacial score (nSPS) is 6.29. The van der Waals surface area contributed by atoms with Crippen LogP contribution >= 0.6 is 0 Å². The molecule has 1 aromatic rings. The van der Waals surface area contributed by atoms with E-state index in [9.17, 15) is 0 Å². The summed E-state index contributed by atoms with van der Waals surface area (Å²) in [5.74, 6) is 0. The van der Waals surface area contributed by atoms with Crippen molar-refractivity contribution in [3.05, 3.63) is 18.7 Å². The van der Waals surface area contributed by atoms with E-state index < -0.39 is 0 Å². The van der Waals surface area contributed by atoms with Crippen molar-refractivity contribution < 1.29 is 3.08 Å². The Morgan fingerprint density at radius 3 is 2.43 bits per heavy atom. The van der Waals surface area contributed by atoms with Crippen LogP contribution in [0, 0.1) is 0 Å². The Labute approximate surface area is 54.6 Å². The summed E-state index contributed by atoms with van der Waals surface area (Å²) in [4.78, 5) is 6.42. The molecule has 4 heteroatoms. The summed E-state index contributed by atoms with van der Waals surface area (Å²) in [5, 5.41) is 0. The number of imidazole rings is 1. The van der Waals surface area contributed by atoms with Gasteiger partial charge in [-0.3, -0.25) is 0 Å². The summed E-state index contributed by atoms with van der Waals surface area (Å²) >= 11 is 0.100. The van der Waals surface area contributed by atoms with Gasteiger partial charge in [0.1, 0.15) is 0 Å². The maximum atomic E-state index is 8.38. The second kappa shape index (κ2) is 5.81. The van der Waals surface area contributed by atoms with Gasteiger partial charge in [0.15, 0.2) is 0 Å². The summed E-state index contributed by atoms with van der Waals surface area (Å²) in [7, 11) is 0. The fraction of sp³-hybridized carbons (Fsp3) is 0. The van der Waals surface area contributed by atoms with E-state index in [0.29, 0.717) is 0 Å². The molecular formula is C3H5N2OSn. The predicted molar refractivity (Wildman–Crippen MR) is 26.4 cm³/mol. The summed E-state index contributed by atoms with van der Waals surface area (Å²) in [6.45, 7) is 0. The molecule has 3 nitrogen and oxygen atoms in total. The smallest absolute Gasteiger partial charge is 0.0919 e. The predicted octanol–water partition coefficient (Wildman–Crippen LogP) is -0.358. The van der Waals surface area contributed by atoms with Crippen LogP contribution in [0.4, 0.5) is 0 Å². The van der Waals surface area contributed by atoms with Gasteiger partial charge in [-0.25, -0.2) is 4.98 Å². The topological polar surface area (TPSA) is 45.8 Å². The Morgan fingerprint density at radius 2 is 2.29 bits per heavy atom. The molecule has 0 amide bonds. The van der Waals surface area contributed by atoms with Gasteiger partial charge in [0.05, 0.1) is 6.33 Å². The molecule has 0 saturated carbocycles. The van der Waals surface area contributed by atoms with Gasteiger partial charge < -0.3 is 4.98 Å². The zero-order valence-electron chi connectivity index (χ0n) is 3.66. The Bertz CT molecular complexity index is 79.8. The molecule has 37 valence electrons. The molecule has 0 aromatic carbocycles. The third kappa shape index (κ3) is 3.64. The Kier molecular flexibility index (Phi) is 5.65. The standard InChI is InChI=1S/C3H4N2.O.Sn.H/c1-2-5-3-4-1;;;/h1-3H,(H,4,5);;;. The summed E-state index contributed by atoms with van der Waals surface area (Å²) in [5.41, 5.74) is 0. The maximum absolute atomic E-state index is 8.38. The first kappa shape index (κ1) is 6.81. The van der Waals surface area contributed by atoms with E-state index in [1.165, 1.54) is 0 Å². The third-order valence-electron chi connectivity index (χ3n) is 0.406. The molecule has 1 radical (unpaired) electrons. The van der Waals surface area contributed by atoms with Gasteiger partial charge in [-0.1, -0.05) is 0 Å². The van der Waals surface area contributed by atoms with Crippen LogP contribution in [0.5, 0.6) is 0 Å². The van der Waals surface area contributed by atoms with E-state index in [0.717, 1.165) is 0 Å². The molecule has 1 N–H and O–H groups in total. The van der Waals surface area contributed by atoms with Gasteiger partial charge in [-0.05, 0) is 0 Å². The van der Waals surface area contributed by atoms with Gasteiger partial charge in [0.2, 0.25) is 0 Å². The Hall–Kier alpha value is -0.191. The number of aromatic nitrogens is 2. The molecule has 0 fully saturated rings. The first-order valence-electron chi connectivity index (χ1n) is 1.66. The monoisotopic (exact) mass is 205 g/mol. The van der Waals surface area contributed by atoms with Crippen LogP contribution in [0.3, 0.4) is 0 Å². The van der Waals surface area contributed by atoms with Crippen LogP contribution in [0.1, 0.15) is 0 Å². The molecule has 7 heavy (non-hydrogen) atoms. The van der Waals surface area contributed by atoms with E-state index in [4.69, 9.17) is 3.08 Å². The molecule has 0 unspecified atom stereocenters. The van der Waals surface area contributed by atoms with Gasteiger partial charge in [-0.2, -0.15) is 0 Å². The minimum atomic E-state index is 0.100. The SMILES string of the molecule is [O]=[SnH].c1c[nH]cn1. The molecule has 1 rings (SSSR count). The van der Waals surface area contributed by atoms with Crippen LogP contribution in [0.15, 0.2) is 18.7 Å². The first-order chi connectivity index (χ1) is 3.50. The van der Waals surface area contributed by atoms with Crippen LogP contribution in [-0.2, 0) is 3.08 Å². The average Bonchev–Trinajstić information content (AvgIpc) is 2.23. The minimum absolute atomic E-state index is 0.100. The van der Waals surface area contributed by atoms with Crippen LogP contribution in [-0.4, -0.2) is 32.5 Å². The fourth-order valence-corrected chi connectivity index (χ4v) is 0.215. The number of nitrogens with zero attached hydrogens (tertiary/aromatic N) is 1. The quantitative estimate of drug-likeness (QED) is 0.586. The second-order valence-electron chi connectivity index (χ2n) is 0.761. The van der Waals surface area contributed by atoms with Crippen molar-refractivity contribution >= 4 is 22.5 Å². The van der Waals surface area contributed by atoms with E-state index in [2.05, 4.69) is 9.97 Å². The molecule has 0 aliphatic heterocycles. The van der Waals surface area contributed by atoms with Crippen molar-refractivity contribution in [3.63, 3.8) is 0 Å². The Balaban J connectivity index is 0.000000162. The van der Waals surface area contributed by atoms with Gasteiger partial charge in [-0.15, -0.1) is 0 Å². The molecule has 0 saturated heterocycles. The van der Waals surface area contributed by atoms with Crippen molar-refractivity contribution in [2.75, 3.05) is 0 Å². The van der Waals surface area contributed by atoms with Crippen molar-refractivity contribution in [2.24, 2.45) is 0 Å². The van der Waals surface area contributed by atoms with Crippen LogP contribution in [0.25, 0.3) is 0 Å². The van der Waals surface area contributed by atoms with Crippen molar-refractivity contribution in [3.8, 4) is 0 Å². The zero-order valence-corrected chi connectivity index (χ0v) is 6.96. The molecule has 0 bridgehead atoms. The molecular weight excluding hydrogens is 199 g/mol. The number of rotatable bonds is 0. The van der Waals surface area contributed by atoms with Crippen LogP contribution in [0.2, 0.25) is 0 Å². The van der Waals surface area contributed by atoms with Crippen molar-refractivity contribution in [1.29, 1.82) is 0 Å². The first-order valence-corrected chi connectivity index (χ1v) is 3.01. The van der Waals surface area contributed by atoms with Crippen molar-refractivity contribution in [1.82, 2.24) is 9.97 Å². The number of hydrogen-bond donors (Lipinski definition) is 1. The molecule has 0 aliphatic carbocycles. The molecule has 1 heterocycles. The summed E-state index contributed by atoms with van der Waals surface area (Å²) < 4.78 is 8.38. The zero-order chi connectivity index (χ0) is 5.54.